The van der Waals surface area contributed by atoms with Crippen LogP contribution in [0.15, 0.2) is 48.7 Å². The number of nitrogens with zero attached hydrogens (tertiary/aromatic N) is 3. The molecule has 0 spiro atoms. The highest BCUT2D eigenvalue weighted by Gasteiger charge is 2.38. The van der Waals surface area contributed by atoms with Gasteiger partial charge in [-0.2, -0.15) is 0 Å². The van der Waals surface area contributed by atoms with Crippen molar-refractivity contribution >= 4 is 17.4 Å². The lowest BCUT2D eigenvalue weighted by Gasteiger charge is -2.42. The van der Waals surface area contributed by atoms with E-state index < -0.39 is 23.8 Å². The number of ether oxygens (including phenoxy) is 3. The Balaban J connectivity index is 1.61. The molecule has 4 aromatic rings. The van der Waals surface area contributed by atoms with E-state index in [0.29, 0.717) is 64.9 Å². The molecule has 10 heteroatoms. The minimum Gasteiger partial charge on any atom is -0.490 e. The van der Waals surface area contributed by atoms with Crippen LogP contribution in [0.2, 0.25) is 0 Å². The summed E-state index contributed by atoms with van der Waals surface area (Å²) in [5.74, 6) is -0.184. The lowest BCUT2D eigenvalue weighted by Crippen LogP contribution is -2.45. The second kappa shape index (κ2) is 14.0. The normalized spacial score (nSPS) is 21.5. The monoisotopic (exact) mass is 687 g/mol. The number of benzene rings is 2. The van der Waals surface area contributed by atoms with E-state index in [-0.39, 0.29) is 17.5 Å². The number of carboxylic acid groups (broad SMARTS) is 1. The average Bonchev–Trinajstić information content (AvgIpc) is 3.48. The number of aromatic nitrogens is 2. The molecule has 3 aliphatic rings. The van der Waals surface area contributed by atoms with Gasteiger partial charge in [0.2, 0.25) is 0 Å². The van der Waals surface area contributed by atoms with E-state index in [4.69, 9.17) is 19.2 Å². The molecular formula is C40H50FN3O6. The van der Waals surface area contributed by atoms with E-state index in [2.05, 4.69) is 11.8 Å². The first kappa shape index (κ1) is 35.8. The van der Waals surface area contributed by atoms with Crippen molar-refractivity contribution in [3.8, 4) is 28.1 Å². The van der Waals surface area contributed by atoms with Crippen molar-refractivity contribution in [1.82, 2.24) is 9.38 Å². The number of imidazole rings is 1. The predicted molar refractivity (Wildman–Crippen MR) is 192 cm³/mol. The lowest BCUT2D eigenvalue weighted by atomic mass is 9.91. The number of carbonyl (C=O) groups is 1. The van der Waals surface area contributed by atoms with Crippen molar-refractivity contribution < 1.29 is 33.6 Å². The largest absolute Gasteiger partial charge is 0.490 e. The molecule has 1 saturated heterocycles. The van der Waals surface area contributed by atoms with Gasteiger partial charge in [-0.15, -0.1) is 0 Å². The number of hydrogen-bond donors (Lipinski definition) is 2. The van der Waals surface area contributed by atoms with Crippen molar-refractivity contribution in [2.45, 2.75) is 110 Å². The van der Waals surface area contributed by atoms with Crippen LogP contribution < -0.4 is 9.64 Å². The van der Waals surface area contributed by atoms with Crippen LogP contribution in [-0.2, 0) is 14.3 Å². The molecule has 3 unspecified atom stereocenters. The van der Waals surface area contributed by atoms with Gasteiger partial charge in [-0.1, -0.05) is 18.2 Å². The molecule has 50 heavy (non-hydrogen) atoms. The van der Waals surface area contributed by atoms with Crippen LogP contribution in [0.25, 0.3) is 28.0 Å². The summed E-state index contributed by atoms with van der Waals surface area (Å²) in [6.07, 6.45) is 3.73. The third-order valence-corrected chi connectivity index (χ3v) is 9.91. The first-order valence-electron chi connectivity index (χ1n) is 17.7. The molecular weight excluding hydrogens is 637 g/mol. The number of aliphatic hydroxyl groups excluding tert-OH is 1. The number of pyridine rings is 1. The first-order valence-corrected chi connectivity index (χ1v) is 17.7. The summed E-state index contributed by atoms with van der Waals surface area (Å²) >= 11 is 0. The Bertz CT molecular complexity index is 1870. The number of carboxylic acids is 1. The molecule has 0 amide bonds. The van der Waals surface area contributed by atoms with E-state index in [9.17, 15) is 19.4 Å². The minimum atomic E-state index is -1.30. The Morgan fingerprint density at radius 3 is 2.50 bits per heavy atom. The van der Waals surface area contributed by atoms with Crippen molar-refractivity contribution in [2.24, 2.45) is 0 Å². The molecule has 2 aromatic heterocycles. The lowest BCUT2D eigenvalue weighted by molar-refractivity contribution is -0.160. The van der Waals surface area contributed by atoms with Crippen LogP contribution in [0.1, 0.15) is 103 Å². The van der Waals surface area contributed by atoms with Crippen LogP contribution >= 0.6 is 0 Å². The fourth-order valence-corrected chi connectivity index (χ4v) is 7.34. The number of fused-ring (bicyclic) bond motifs is 8. The fourth-order valence-electron chi connectivity index (χ4n) is 7.34. The second-order valence-corrected chi connectivity index (χ2v) is 15.2. The summed E-state index contributed by atoms with van der Waals surface area (Å²) in [6.45, 7) is 15.1. The van der Waals surface area contributed by atoms with Crippen LogP contribution in [-0.4, -0.2) is 62.6 Å². The van der Waals surface area contributed by atoms with Crippen molar-refractivity contribution in [1.29, 1.82) is 0 Å². The zero-order chi connectivity index (χ0) is 36.0. The second-order valence-electron chi connectivity index (χ2n) is 15.2. The summed E-state index contributed by atoms with van der Waals surface area (Å²) in [7, 11) is 0. The molecule has 9 nitrogen and oxygen atoms in total. The zero-order valence-corrected chi connectivity index (χ0v) is 30.3. The van der Waals surface area contributed by atoms with Crippen molar-refractivity contribution in [2.75, 3.05) is 24.6 Å². The molecule has 0 aliphatic carbocycles. The average molecular weight is 688 g/mol. The van der Waals surface area contributed by atoms with Crippen molar-refractivity contribution in [3.05, 3.63) is 71.2 Å². The topological polar surface area (TPSA) is 106 Å². The van der Waals surface area contributed by atoms with Gasteiger partial charge < -0.3 is 29.3 Å². The van der Waals surface area contributed by atoms with E-state index in [1.807, 2.05) is 69.5 Å². The predicted octanol–water partition coefficient (Wildman–Crippen LogP) is 8.44. The van der Waals surface area contributed by atoms with Gasteiger partial charge >= 0.3 is 5.97 Å². The molecule has 6 bridgehead atoms. The molecule has 1 fully saturated rings. The number of piperidine rings is 1. The highest BCUT2D eigenvalue weighted by molar-refractivity contribution is 5.82. The maximum Gasteiger partial charge on any atom is 0.337 e. The van der Waals surface area contributed by atoms with Gasteiger partial charge in [0.1, 0.15) is 23.0 Å². The SMILES string of the molecule is Cc1c(C(OC(C)(C)C)C(=O)O)c2n3cc(nc3c1C(C)O)-c1cccc(c1)-c1cc(F)ccc1OC(C)CCCCOC1(C)CCN2CC1. The Morgan fingerprint density at radius 1 is 1.10 bits per heavy atom. The maximum atomic E-state index is 14.7. The van der Waals surface area contributed by atoms with E-state index in [1.54, 1.807) is 13.0 Å². The van der Waals surface area contributed by atoms with Crippen LogP contribution in [0.4, 0.5) is 10.2 Å². The Hall–Kier alpha value is -3.99. The maximum absolute atomic E-state index is 14.7. The van der Waals surface area contributed by atoms with Gasteiger partial charge in [0, 0.05) is 48.1 Å². The van der Waals surface area contributed by atoms with E-state index in [0.717, 1.165) is 43.2 Å². The smallest absolute Gasteiger partial charge is 0.337 e. The summed E-state index contributed by atoms with van der Waals surface area (Å²) in [4.78, 5) is 20.4. The molecule has 0 saturated carbocycles. The van der Waals surface area contributed by atoms with E-state index >= 15 is 0 Å². The Labute approximate surface area is 294 Å². The molecule has 2 aromatic carbocycles. The van der Waals surface area contributed by atoms with Gasteiger partial charge in [0.05, 0.1) is 29.1 Å². The van der Waals surface area contributed by atoms with Crippen LogP contribution in [0, 0.1) is 12.7 Å². The summed E-state index contributed by atoms with van der Waals surface area (Å²) < 4.78 is 35.8. The van der Waals surface area contributed by atoms with Gasteiger partial charge in [-0.25, -0.2) is 14.2 Å². The number of rotatable bonds is 4. The van der Waals surface area contributed by atoms with E-state index in [1.165, 1.54) is 12.1 Å². The zero-order valence-electron chi connectivity index (χ0n) is 30.3. The van der Waals surface area contributed by atoms with Gasteiger partial charge in [0.25, 0.3) is 0 Å². The quantitative estimate of drug-likeness (QED) is 0.220. The molecule has 3 aliphatic heterocycles. The number of aliphatic carboxylic acids is 1. The number of halogens is 1. The number of hydrogen-bond acceptors (Lipinski definition) is 7. The molecule has 5 heterocycles. The molecule has 3 atom stereocenters. The highest BCUT2D eigenvalue weighted by Crippen LogP contribution is 2.43. The Morgan fingerprint density at radius 2 is 1.82 bits per heavy atom. The fraction of sp³-hybridized carbons (Fsp3) is 0.500. The molecule has 268 valence electrons. The first-order chi connectivity index (χ1) is 23.6. The summed E-state index contributed by atoms with van der Waals surface area (Å²) in [6, 6.07) is 12.3. The van der Waals surface area contributed by atoms with Gasteiger partial charge in [-0.05, 0) is 116 Å². The van der Waals surface area contributed by atoms with Crippen molar-refractivity contribution in [3.63, 3.8) is 0 Å². The van der Waals surface area contributed by atoms with Gasteiger partial charge in [0.15, 0.2) is 6.10 Å². The molecule has 7 rings (SSSR count). The molecule has 0 radical (unpaired) electrons. The number of aliphatic hydroxyl groups is 1. The summed E-state index contributed by atoms with van der Waals surface area (Å²) in [5.41, 5.74) is 3.93. The molecule has 2 N–H and O–H groups in total. The number of anilines is 1. The third kappa shape index (κ3) is 7.38. The Kier molecular flexibility index (Phi) is 10.0. The highest BCUT2D eigenvalue weighted by atomic mass is 19.1. The summed E-state index contributed by atoms with van der Waals surface area (Å²) in [5, 5.41) is 21.9. The van der Waals surface area contributed by atoms with Crippen LogP contribution in [0.5, 0.6) is 5.75 Å². The van der Waals surface area contributed by atoms with Crippen LogP contribution in [0.3, 0.4) is 0 Å². The minimum absolute atomic E-state index is 0.0723. The standard InChI is InChI=1S/C40H50FN3O6/c1-24-11-8-9-20-48-40(7)16-18-43(19-17-40)37-34(35(38(46)47)50-39(4,5)6)25(2)33(26(3)45)36-42-31(23-44(36)37)28-13-10-12-27(21-28)30-22-29(41)14-15-32(30)49-24/h10,12-15,21-24,26,35,45H,8-9,11,16-20H2,1-7H3,(H,46,47). The van der Waals surface area contributed by atoms with Gasteiger partial charge in [-0.3, -0.25) is 4.40 Å². The third-order valence-electron chi connectivity index (χ3n) is 9.91.